The van der Waals surface area contributed by atoms with Gasteiger partial charge in [0.25, 0.3) is 0 Å². The van der Waals surface area contributed by atoms with Crippen LogP contribution >= 0.6 is 24.8 Å². The Labute approximate surface area is 158 Å². The molecule has 0 radical (unpaired) electrons. The third-order valence-corrected chi connectivity index (χ3v) is 4.60. The van der Waals surface area contributed by atoms with Crippen LogP contribution < -0.4 is 5.73 Å². The van der Waals surface area contributed by atoms with E-state index >= 15 is 0 Å². The second kappa shape index (κ2) is 11.5. The summed E-state index contributed by atoms with van der Waals surface area (Å²) in [6.07, 6.45) is 2.76. The van der Waals surface area contributed by atoms with Crippen LogP contribution in [0.3, 0.4) is 0 Å². The number of likely N-dealkylation sites (tertiary alicyclic amines) is 1. The Morgan fingerprint density at radius 1 is 1.21 bits per heavy atom. The number of ether oxygens (including phenoxy) is 2. The molecule has 0 bridgehead atoms. The van der Waals surface area contributed by atoms with Crippen LogP contribution in [0.2, 0.25) is 0 Å². The molecule has 2 heterocycles. The van der Waals surface area contributed by atoms with Crippen molar-refractivity contribution < 1.29 is 14.3 Å². The molecular weight excluding hydrogens is 353 g/mol. The van der Waals surface area contributed by atoms with Crippen molar-refractivity contribution in [1.29, 1.82) is 0 Å². The highest BCUT2D eigenvalue weighted by molar-refractivity contribution is 5.85. The maximum absolute atomic E-state index is 12.2. The number of rotatable bonds is 5. The zero-order valence-corrected chi connectivity index (χ0v) is 16.6. The standard InChI is InChI=1S/C16H31N3O3.2ClH/c1-12-8-18(9-13(2)22-12)10-14-4-6-19(7-5-14)16(20)15(17)11-21-3;;/h12-15H,4-11,17H2,1-3H3;2*1H. The highest BCUT2D eigenvalue weighted by Gasteiger charge is 2.29. The fraction of sp³-hybridized carbons (Fsp3) is 0.938. The molecule has 3 unspecified atom stereocenters. The second-order valence-electron chi connectivity index (χ2n) is 6.81. The molecule has 0 aromatic heterocycles. The second-order valence-corrected chi connectivity index (χ2v) is 6.81. The first kappa shape index (κ1) is 23.9. The summed E-state index contributed by atoms with van der Waals surface area (Å²) in [7, 11) is 1.57. The number of nitrogens with zero attached hydrogens (tertiary/aromatic N) is 2. The minimum atomic E-state index is -0.525. The number of nitrogens with two attached hydrogens (primary N) is 1. The van der Waals surface area contributed by atoms with Crippen LogP contribution in [0.15, 0.2) is 0 Å². The van der Waals surface area contributed by atoms with Crippen molar-refractivity contribution in [3.05, 3.63) is 0 Å². The molecule has 144 valence electrons. The summed E-state index contributed by atoms with van der Waals surface area (Å²) in [5.74, 6) is 0.689. The zero-order chi connectivity index (χ0) is 16.1. The zero-order valence-electron chi connectivity index (χ0n) is 15.0. The van der Waals surface area contributed by atoms with E-state index in [0.29, 0.717) is 24.7 Å². The van der Waals surface area contributed by atoms with Gasteiger partial charge >= 0.3 is 0 Å². The molecule has 2 aliphatic rings. The van der Waals surface area contributed by atoms with E-state index in [4.69, 9.17) is 15.2 Å². The van der Waals surface area contributed by atoms with E-state index in [-0.39, 0.29) is 30.7 Å². The van der Waals surface area contributed by atoms with E-state index in [2.05, 4.69) is 18.7 Å². The maximum atomic E-state index is 12.2. The lowest BCUT2D eigenvalue weighted by molar-refractivity contribution is -0.135. The van der Waals surface area contributed by atoms with Gasteiger partial charge in [0.05, 0.1) is 18.8 Å². The van der Waals surface area contributed by atoms with Crippen LogP contribution in [0.5, 0.6) is 0 Å². The third-order valence-electron chi connectivity index (χ3n) is 4.60. The van der Waals surface area contributed by atoms with Crippen molar-refractivity contribution in [2.75, 3.05) is 46.4 Å². The number of hydrogen-bond acceptors (Lipinski definition) is 5. The molecule has 24 heavy (non-hydrogen) atoms. The van der Waals surface area contributed by atoms with Gasteiger partial charge in [-0.2, -0.15) is 0 Å². The van der Waals surface area contributed by atoms with E-state index in [1.54, 1.807) is 7.11 Å². The molecule has 2 rings (SSSR count). The molecule has 2 fully saturated rings. The van der Waals surface area contributed by atoms with Gasteiger partial charge in [0.2, 0.25) is 5.91 Å². The molecule has 2 saturated heterocycles. The molecule has 3 atom stereocenters. The molecule has 0 spiro atoms. The van der Waals surface area contributed by atoms with E-state index in [0.717, 1.165) is 45.6 Å². The quantitative estimate of drug-likeness (QED) is 0.768. The van der Waals surface area contributed by atoms with Crippen LogP contribution in [0.1, 0.15) is 26.7 Å². The normalized spacial score (nSPS) is 27.1. The third kappa shape index (κ3) is 7.02. The van der Waals surface area contributed by atoms with E-state index in [1.807, 2.05) is 4.90 Å². The summed E-state index contributed by atoms with van der Waals surface area (Å²) in [5.41, 5.74) is 5.83. The Hall–Kier alpha value is -0.110. The van der Waals surface area contributed by atoms with Gasteiger partial charge < -0.3 is 20.1 Å². The van der Waals surface area contributed by atoms with E-state index < -0.39 is 6.04 Å². The minimum Gasteiger partial charge on any atom is -0.383 e. The average Bonchev–Trinajstić information content (AvgIpc) is 2.46. The predicted octanol–water partition coefficient (Wildman–Crippen LogP) is 1.15. The van der Waals surface area contributed by atoms with E-state index in [9.17, 15) is 4.79 Å². The number of morpholine rings is 1. The first-order valence-electron chi connectivity index (χ1n) is 8.40. The number of piperidine rings is 1. The molecule has 0 aromatic carbocycles. The Morgan fingerprint density at radius 2 is 1.75 bits per heavy atom. The maximum Gasteiger partial charge on any atom is 0.241 e. The average molecular weight is 386 g/mol. The predicted molar refractivity (Wildman–Crippen MR) is 100 cm³/mol. The summed E-state index contributed by atoms with van der Waals surface area (Å²) in [6.45, 7) is 9.35. The molecular formula is C16H33Cl2N3O3. The largest absolute Gasteiger partial charge is 0.383 e. The van der Waals surface area contributed by atoms with Crippen LogP contribution in [0, 0.1) is 5.92 Å². The van der Waals surface area contributed by atoms with Gasteiger partial charge in [-0.05, 0) is 32.6 Å². The van der Waals surface area contributed by atoms with Gasteiger partial charge in [-0.15, -0.1) is 24.8 Å². The van der Waals surface area contributed by atoms with Gasteiger partial charge in [0.1, 0.15) is 6.04 Å². The molecule has 0 saturated carbocycles. The molecule has 2 N–H and O–H groups in total. The Balaban J connectivity index is 0.00000264. The van der Waals surface area contributed by atoms with Gasteiger partial charge in [0, 0.05) is 39.8 Å². The molecule has 2 aliphatic heterocycles. The summed E-state index contributed by atoms with van der Waals surface area (Å²) >= 11 is 0. The first-order valence-corrected chi connectivity index (χ1v) is 8.40. The fourth-order valence-electron chi connectivity index (χ4n) is 3.62. The van der Waals surface area contributed by atoms with Crippen LogP contribution in [0.4, 0.5) is 0 Å². The SMILES string of the molecule is COCC(N)C(=O)N1CCC(CN2CC(C)OC(C)C2)CC1.Cl.Cl. The number of carbonyl (C=O) groups is 1. The Bertz CT molecular complexity index is 358. The van der Waals surface area contributed by atoms with Gasteiger partial charge in [-0.3, -0.25) is 9.69 Å². The summed E-state index contributed by atoms with van der Waals surface area (Å²) in [6, 6.07) is -0.525. The lowest BCUT2D eigenvalue weighted by Gasteiger charge is -2.39. The summed E-state index contributed by atoms with van der Waals surface area (Å²) in [4.78, 5) is 16.6. The number of halogens is 2. The number of carbonyl (C=O) groups excluding carboxylic acids is 1. The van der Waals surface area contributed by atoms with Crippen molar-refractivity contribution in [2.45, 2.75) is 44.9 Å². The molecule has 8 heteroatoms. The molecule has 6 nitrogen and oxygen atoms in total. The van der Waals surface area contributed by atoms with Crippen molar-refractivity contribution in [3.8, 4) is 0 Å². The summed E-state index contributed by atoms with van der Waals surface area (Å²) < 4.78 is 10.7. The van der Waals surface area contributed by atoms with Crippen LogP contribution in [-0.4, -0.2) is 80.4 Å². The Kier molecular flexibility index (Phi) is 11.4. The monoisotopic (exact) mass is 385 g/mol. The highest BCUT2D eigenvalue weighted by atomic mass is 35.5. The van der Waals surface area contributed by atoms with Crippen molar-refractivity contribution in [3.63, 3.8) is 0 Å². The highest BCUT2D eigenvalue weighted by Crippen LogP contribution is 2.21. The number of amides is 1. The van der Waals surface area contributed by atoms with Crippen LogP contribution in [0.25, 0.3) is 0 Å². The first-order chi connectivity index (χ1) is 10.5. The van der Waals surface area contributed by atoms with Crippen molar-refractivity contribution in [1.82, 2.24) is 9.80 Å². The molecule has 1 amide bonds. The fourth-order valence-corrected chi connectivity index (χ4v) is 3.62. The van der Waals surface area contributed by atoms with Gasteiger partial charge in [0.15, 0.2) is 0 Å². The van der Waals surface area contributed by atoms with Crippen LogP contribution in [-0.2, 0) is 14.3 Å². The minimum absolute atomic E-state index is 0. The molecule has 0 aliphatic carbocycles. The number of hydrogen-bond donors (Lipinski definition) is 1. The van der Waals surface area contributed by atoms with Gasteiger partial charge in [-0.25, -0.2) is 0 Å². The topological polar surface area (TPSA) is 68.0 Å². The smallest absolute Gasteiger partial charge is 0.241 e. The Morgan fingerprint density at radius 3 is 2.25 bits per heavy atom. The van der Waals surface area contributed by atoms with E-state index in [1.165, 1.54) is 0 Å². The molecule has 0 aromatic rings. The van der Waals surface area contributed by atoms with Crippen molar-refractivity contribution in [2.24, 2.45) is 11.7 Å². The lowest BCUT2D eigenvalue weighted by atomic mass is 9.95. The lowest BCUT2D eigenvalue weighted by Crippen LogP contribution is -2.51. The van der Waals surface area contributed by atoms with Crippen molar-refractivity contribution >= 4 is 30.7 Å². The van der Waals surface area contributed by atoms with Gasteiger partial charge in [-0.1, -0.05) is 0 Å². The number of methoxy groups -OCH3 is 1. The summed E-state index contributed by atoms with van der Waals surface area (Å²) in [5, 5.41) is 0.